The minimum atomic E-state index is -3.87. The molecule has 5 rings (SSSR count). The second kappa shape index (κ2) is 8.08. The van der Waals surface area contributed by atoms with E-state index in [9.17, 15) is 18.6 Å². The van der Waals surface area contributed by atoms with Crippen molar-refractivity contribution in [3.05, 3.63) is 29.3 Å². The van der Waals surface area contributed by atoms with E-state index >= 15 is 0 Å². The first kappa shape index (κ1) is 22.6. The maximum atomic E-state index is 10.9. The molecule has 31 heavy (non-hydrogen) atoms. The Morgan fingerprint density at radius 1 is 1.16 bits per heavy atom. The molecule has 0 bridgehead atoms. The molecule has 1 heterocycles. The highest BCUT2D eigenvalue weighted by atomic mass is 32.2. The molecule has 1 aromatic carbocycles. The number of aryl methyl sites for hydroxylation is 1. The van der Waals surface area contributed by atoms with Crippen molar-refractivity contribution in [3.8, 4) is 18.1 Å². The zero-order chi connectivity index (χ0) is 22.4. The van der Waals surface area contributed by atoms with Gasteiger partial charge in [-0.05, 0) is 92.4 Å². The maximum absolute atomic E-state index is 10.9. The summed E-state index contributed by atoms with van der Waals surface area (Å²) in [7, 11) is -3.87. The Balaban J connectivity index is 0.000000217. The number of benzene rings is 1. The molecule has 1 aliphatic heterocycles. The quantitative estimate of drug-likeness (QED) is 0.452. The van der Waals surface area contributed by atoms with Crippen LogP contribution < -0.4 is 0 Å². The molecule has 5 atom stereocenters. The highest BCUT2D eigenvalue weighted by Crippen LogP contribution is 2.64. The Morgan fingerprint density at radius 3 is 2.48 bits per heavy atom. The van der Waals surface area contributed by atoms with Crippen LogP contribution in [0.5, 0.6) is 5.75 Å². The van der Waals surface area contributed by atoms with E-state index in [2.05, 4.69) is 18.9 Å². The maximum Gasteiger partial charge on any atom is 0.335 e. The van der Waals surface area contributed by atoms with Crippen molar-refractivity contribution >= 4 is 10.3 Å². The van der Waals surface area contributed by atoms with Gasteiger partial charge in [-0.15, -0.1) is 6.42 Å². The number of aliphatic hydroxyl groups is 1. The average molecular weight is 448 g/mol. The molecule has 0 aromatic heterocycles. The molecular formula is C24H33NO5S. The Morgan fingerprint density at radius 2 is 1.87 bits per heavy atom. The molecule has 4 aliphatic rings. The van der Waals surface area contributed by atoms with Crippen LogP contribution in [0.2, 0.25) is 0 Å². The van der Waals surface area contributed by atoms with Crippen molar-refractivity contribution in [1.82, 2.24) is 4.31 Å². The van der Waals surface area contributed by atoms with Crippen LogP contribution in [0.1, 0.15) is 68.9 Å². The smallest absolute Gasteiger partial charge is 0.335 e. The SMILES string of the molecule is C#C[C@]1(O)CC[C@H]2[C@@H]3CCc4cc(O)ccc4[C@H]3CC[C@@]21C.O=S(=O)(O)N1CCCC1. The van der Waals surface area contributed by atoms with Gasteiger partial charge >= 0.3 is 10.3 Å². The number of phenols is 1. The minimum absolute atomic E-state index is 0.128. The number of hydrogen-bond acceptors (Lipinski definition) is 4. The van der Waals surface area contributed by atoms with E-state index < -0.39 is 15.9 Å². The van der Waals surface area contributed by atoms with Gasteiger partial charge in [-0.2, -0.15) is 12.7 Å². The zero-order valence-electron chi connectivity index (χ0n) is 18.1. The summed E-state index contributed by atoms with van der Waals surface area (Å²) in [6.45, 7) is 3.16. The number of aromatic hydroxyl groups is 1. The largest absolute Gasteiger partial charge is 0.508 e. The third kappa shape index (κ3) is 3.89. The number of fused-ring (bicyclic) bond motifs is 5. The summed E-state index contributed by atoms with van der Waals surface area (Å²) in [6, 6.07) is 5.87. The van der Waals surface area contributed by atoms with Gasteiger partial charge in [-0.3, -0.25) is 4.55 Å². The first-order valence-electron chi connectivity index (χ1n) is 11.3. The molecule has 3 aliphatic carbocycles. The van der Waals surface area contributed by atoms with Crippen LogP contribution in [0.25, 0.3) is 0 Å². The molecule has 0 spiro atoms. The third-order valence-electron chi connectivity index (χ3n) is 8.49. The van der Waals surface area contributed by atoms with Gasteiger partial charge in [0.25, 0.3) is 0 Å². The van der Waals surface area contributed by atoms with Crippen molar-refractivity contribution in [1.29, 1.82) is 0 Å². The standard InChI is InChI=1S/C20H24O2.C4H9NO3S/c1-3-20(22)11-9-18-17-6-4-13-12-14(21)5-7-15(13)16(17)8-10-19(18,20)2;6-9(7,8)5-3-1-2-4-5/h1,5,7,12,16-18,21-22H,4,6,8-11H2,2H3;1-4H2,(H,6,7,8)/t16-,17-,18+,19+,20+;/m1./s1. The molecule has 3 N–H and O–H groups in total. The molecule has 2 saturated carbocycles. The van der Waals surface area contributed by atoms with E-state index in [4.69, 9.17) is 11.0 Å². The van der Waals surface area contributed by atoms with Gasteiger partial charge in [0.15, 0.2) is 0 Å². The van der Waals surface area contributed by atoms with Crippen molar-refractivity contribution in [2.75, 3.05) is 13.1 Å². The van der Waals surface area contributed by atoms with Gasteiger partial charge in [0.05, 0.1) is 0 Å². The van der Waals surface area contributed by atoms with Crippen molar-refractivity contribution in [2.45, 2.75) is 69.8 Å². The molecule has 1 aromatic rings. The number of rotatable bonds is 1. The molecular weight excluding hydrogens is 414 g/mol. The molecule has 6 nitrogen and oxygen atoms in total. The van der Waals surface area contributed by atoms with Gasteiger partial charge in [-0.1, -0.05) is 18.9 Å². The van der Waals surface area contributed by atoms with Crippen molar-refractivity contribution in [3.63, 3.8) is 0 Å². The van der Waals surface area contributed by atoms with Crippen LogP contribution in [0.4, 0.5) is 0 Å². The highest BCUT2D eigenvalue weighted by Gasteiger charge is 2.61. The van der Waals surface area contributed by atoms with Crippen LogP contribution >= 0.6 is 0 Å². The van der Waals surface area contributed by atoms with E-state index in [1.807, 2.05) is 12.1 Å². The van der Waals surface area contributed by atoms with E-state index in [1.165, 1.54) is 11.1 Å². The molecule has 0 amide bonds. The molecule has 0 unspecified atom stereocenters. The fourth-order valence-electron chi connectivity index (χ4n) is 6.74. The van der Waals surface area contributed by atoms with Crippen LogP contribution in [0, 0.1) is 29.6 Å². The fraction of sp³-hybridized carbons (Fsp3) is 0.667. The summed E-state index contributed by atoms with van der Waals surface area (Å²) in [6.07, 6.45) is 13.5. The van der Waals surface area contributed by atoms with Crippen molar-refractivity contribution < 1.29 is 23.2 Å². The van der Waals surface area contributed by atoms with E-state index in [0.717, 1.165) is 55.7 Å². The van der Waals surface area contributed by atoms with Gasteiger partial charge in [0.2, 0.25) is 0 Å². The van der Waals surface area contributed by atoms with E-state index in [1.54, 1.807) is 0 Å². The second-order valence-electron chi connectivity index (χ2n) is 9.88. The monoisotopic (exact) mass is 447 g/mol. The zero-order valence-corrected chi connectivity index (χ0v) is 18.9. The Hall–Kier alpha value is -1.59. The summed E-state index contributed by atoms with van der Waals surface area (Å²) in [4.78, 5) is 0. The molecule has 7 heteroatoms. The Kier molecular flexibility index (Phi) is 5.89. The first-order valence-corrected chi connectivity index (χ1v) is 12.7. The number of terminal acetylenes is 1. The van der Waals surface area contributed by atoms with Gasteiger partial charge in [0.1, 0.15) is 11.4 Å². The highest BCUT2D eigenvalue weighted by molar-refractivity contribution is 7.83. The lowest BCUT2D eigenvalue weighted by Crippen LogP contribution is -2.50. The number of hydrogen-bond donors (Lipinski definition) is 3. The van der Waals surface area contributed by atoms with Crippen LogP contribution in [-0.2, 0) is 16.7 Å². The lowest BCUT2D eigenvalue weighted by Gasteiger charge is -2.52. The van der Waals surface area contributed by atoms with Gasteiger partial charge in [-0.25, -0.2) is 0 Å². The second-order valence-corrected chi connectivity index (χ2v) is 11.3. The lowest BCUT2D eigenvalue weighted by atomic mass is 9.53. The molecule has 170 valence electrons. The van der Waals surface area contributed by atoms with E-state index in [0.29, 0.717) is 36.6 Å². The summed E-state index contributed by atoms with van der Waals surface area (Å²) in [5, 5.41) is 20.6. The van der Waals surface area contributed by atoms with E-state index in [-0.39, 0.29) is 5.41 Å². The molecule has 1 saturated heterocycles. The predicted octanol–water partition coefficient (Wildman–Crippen LogP) is 3.50. The number of nitrogens with zero attached hydrogens (tertiary/aromatic N) is 1. The first-order chi connectivity index (χ1) is 14.6. The normalized spacial score (nSPS) is 37.0. The topological polar surface area (TPSA) is 98.1 Å². The van der Waals surface area contributed by atoms with Crippen LogP contribution in [0.3, 0.4) is 0 Å². The summed E-state index contributed by atoms with van der Waals surface area (Å²) >= 11 is 0. The summed E-state index contributed by atoms with van der Waals surface area (Å²) in [5.41, 5.74) is 1.69. The van der Waals surface area contributed by atoms with Gasteiger partial charge < -0.3 is 10.2 Å². The predicted molar refractivity (Wildman–Crippen MR) is 119 cm³/mol. The average Bonchev–Trinajstić information content (AvgIpc) is 3.36. The summed E-state index contributed by atoms with van der Waals surface area (Å²) in [5.74, 6) is 4.82. The molecule has 0 radical (unpaired) electrons. The fourth-order valence-corrected chi connectivity index (χ4v) is 7.46. The van der Waals surface area contributed by atoms with Crippen molar-refractivity contribution in [2.24, 2.45) is 17.3 Å². The Labute approximate surface area is 185 Å². The third-order valence-corrected chi connectivity index (χ3v) is 9.51. The van der Waals surface area contributed by atoms with Crippen LogP contribution in [-0.4, -0.2) is 46.2 Å². The van der Waals surface area contributed by atoms with Gasteiger partial charge in [0, 0.05) is 18.5 Å². The minimum Gasteiger partial charge on any atom is -0.508 e. The number of phenolic OH excluding ortho intramolecular Hbond substituents is 1. The summed E-state index contributed by atoms with van der Waals surface area (Å²) < 4.78 is 30.1. The Bertz CT molecular complexity index is 980. The lowest BCUT2D eigenvalue weighted by molar-refractivity contribution is -0.0646. The molecule has 3 fully saturated rings. The van der Waals surface area contributed by atoms with Crippen LogP contribution in [0.15, 0.2) is 18.2 Å².